The number of alkyl halides is 3. The molecule has 0 amide bonds. The first-order valence-corrected chi connectivity index (χ1v) is 12.2. The summed E-state index contributed by atoms with van der Waals surface area (Å²) in [6.07, 6.45) is 2.05. The lowest BCUT2D eigenvalue weighted by Crippen LogP contribution is -2.40. The third-order valence-corrected chi connectivity index (χ3v) is 7.00. The van der Waals surface area contributed by atoms with Gasteiger partial charge < -0.3 is 14.2 Å². The molecule has 0 N–H and O–H groups in total. The van der Waals surface area contributed by atoms with Crippen LogP contribution < -0.4 is 4.90 Å². The number of morpholine rings is 1. The van der Waals surface area contributed by atoms with Gasteiger partial charge in [0.1, 0.15) is 23.6 Å². The van der Waals surface area contributed by atoms with E-state index in [2.05, 4.69) is 24.4 Å². The SMILES string of the molecule is CC(=O)CN1CCC(Cn2ccc3c(N4CCOCC4c4ccc(C(F)(F)F)cn4)ncnc32)CC1. The van der Waals surface area contributed by atoms with Crippen LogP contribution in [0.15, 0.2) is 36.9 Å². The Kier molecular flexibility index (Phi) is 6.94. The van der Waals surface area contributed by atoms with Gasteiger partial charge in [0.15, 0.2) is 0 Å². The van der Waals surface area contributed by atoms with Crippen molar-refractivity contribution >= 4 is 22.6 Å². The van der Waals surface area contributed by atoms with Crippen LogP contribution >= 0.6 is 0 Å². The molecule has 0 radical (unpaired) electrons. The number of hydrogen-bond acceptors (Lipinski definition) is 7. The van der Waals surface area contributed by atoms with Crippen LogP contribution in [-0.2, 0) is 22.3 Å². The van der Waals surface area contributed by atoms with Gasteiger partial charge in [-0.05, 0) is 57.0 Å². The molecule has 2 aliphatic rings. The number of piperidine rings is 1. The minimum Gasteiger partial charge on any atom is -0.377 e. The molecule has 0 bridgehead atoms. The summed E-state index contributed by atoms with van der Waals surface area (Å²) in [7, 11) is 0. The first-order chi connectivity index (χ1) is 17.3. The maximum atomic E-state index is 13.0. The Labute approximate surface area is 207 Å². The number of carbonyl (C=O) groups excluding carboxylic acids is 1. The lowest BCUT2D eigenvalue weighted by Gasteiger charge is -2.36. The summed E-state index contributed by atoms with van der Waals surface area (Å²) < 4.78 is 46.8. The van der Waals surface area contributed by atoms with E-state index in [-0.39, 0.29) is 11.8 Å². The third-order valence-electron chi connectivity index (χ3n) is 7.00. The molecule has 192 valence electrons. The minimum atomic E-state index is -4.43. The predicted octanol–water partition coefficient (Wildman–Crippen LogP) is 3.72. The Morgan fingerprint density at radius 3 is 2.61 bits per heavy atom. The van der Waals surface area contributed by atoms with E-state index < -0.39 is 11.7 Å². The van der Waals surface area contributed by atoms with Gasteiger partial charge in [0.2, 0.25) is 0 Å². The molecule has 36 heavy (non-hydrogen) atoms. The molecule has 0 aliphatic carbocycles. The van der Waals surface area contributed by atoms with E-state index in [9.17, 15) is 18.0 Å². The molecule has 5 rings (SSSR count). The van der Waals surface area contributed by atoms with Crippen molar-refractivity contribution in [2.24, 2.45) is 5.92 Å². The van der Waals surface area contributed by atoms with Crippen molar-refractivity contribution in [1.29, 1.82) is 0 Å². The van der Waals surface area contributed by atoms with Crippen LogP contribution in [0.3, 0.4) is 0 Å². The zero-order valence-electron chi connectivity index (χ0n) is 20.1. The molecule has 5 heterocycles. The summed E-state index contributed by atoms with van der Waals surface area (Å²) in [6, 6.07) is 4.12. The van der Waals surface area contributed by atoms with E-state index in [1.807, 2.05) is 17.2 Å². The van der Waals surface area contributed by atoms with Crippen LogP contribution in [0.4, 0.5) is 19.0 Å². The van der Waals surface area contributed by atoms with E-state index in [4.69, 9.17) is 4.74 Å². The molecule has 0 saturated carbocycles. The number of halogens is 3. The Morgan fingerprint density at radius 1 is 1.11 bits per heavy atom. The van der Waals surface area contributed by atoms with Crippen molar-refractivity contribution in [2.45, 2.75) is 38.5 Å². The Morgan fingerprint density at radius 2 is 1.92 bits per heavy atom. The number of ketones is 1. The zero-order valence-corrected chi connectivity index (χ0v) is 20.1. The monoisotopic (exact) mass is 502 g/mol. The van der Waals surface area contributed by atoms with Crippen molar-refractivity contribution in [2.75, 3.05) is 44.3 Å². The standard InChI is InChI=1S/C25H29F3N6O2/c1-17(35)13-32-7-4-18(5-8-32)14-33-9-6-20-23(33)30-16-31-24(20)34-10-11-36-15-22(34)21-3-2-19(12-29-21)25(26,27)28/h2-3,6,9,12,16,18,22H,4-5,7-8,10-11,13-15H2,1H3. The predicted molar refractivity (Wildman–Crippen MR) is 128 cm³/mol. The third kappa shape index (κ3) is 5.22. The highest BCUT2D eigenvalue weighted by Gasteiger charge is 2.33. The van der Waals surface area contributed by atoms with Gasteiger partial charge in [-0.1, -0.05) is 0 Å². The second-order valence-electron chi connectivity index (χ2n) is 9.58. The summed E-state index contributed by atoms with van der Waals surface area (Å²) in [5.41, 5.74) is 0.561. The van der Waals surface area contributed by atoms with Crippen LogP contribution in [-0.4, -0.2) is 69.6 Å². The maximum Gasteiger partial charge on any atom is 0.417 e. The quantitative estimate of drug-likeness (QED) is 0.509. The molecule has 11 heteroatoms. The van der Waals surface area contributed by atoms with Gasteiger partial charge in [-0.25, -0.2) is 9.97 Å². The van der Waals surface area contributed by atoms with E-state index in [1.165, 1.54) is 12.4 Å². The van der Waals surface area contributed by atoms with E-state index in [0.29, 0.717) is 37.9 Å². The first kappa shape index (κ1) is 24.6. The van der Waals surface area contributed by atoms with E-state index in [0.717, 1.165) is 61.6 Å². The van der Waals surface area contributed by atoms with Crippen molar-refractivity contribution in [3.8, 4) is 0 Å². The lowest BCUT2D eigenvalue weighted by molar-refractivity contribution is -0.137. The normalized spacial score (nSPS) is 20.2. The van der Waals surface area contributed by atoms with Crippen LogP contribution in [0.2, 0.25) is 0 Å². The molecule has 0 spiro atoms. The molecule has 2 aliphatic heterocycles. The summed E-state index contributed by atoms with van der Waals surface area (Å²) in [5, 5.41) is 0.894. The van der Waals surface area contributed by atoms with Crippen LogP contribution in [0.25, 0.3) is 11.0 Å². The van der Waals surface area contributed by atoms with Crippen molar-refractivity contribution in [3.63, 3.8) is 0 Å². The van der Waals surface area contributed by atoms with E-state index in [1.54, 1.807) is 6.92 Å². The van der Waals surface area contributed by atoms with Gasteiger partial charge in [0.05, 0.1) is 42.4 Å². The van der Waals surface area contributed by atoms with Gasteiger partial charge >= 0.3 is 6.18 Å². The number of nitrogens with zero attached hydrogens (tertiary/aromatic N) is 6. The van der Waals surface area contributed by atoms with E-state index >= 15 is 0 Å². The number of likely N-dealkylation sites (tertiary alicyclic amines) is 1. The van der Waals surface area contributed by atoms with Gasteiger partial charge in [-0.15, -0.1) is 0 Å². The zero-order chi connectivity index (χ0) is 25.3. The number of aromatic nitrogens is 4. The first-order valence-electron chi connectivity index (χ1n) is 12.2. The maximum absolute atomic E-state index is 13.0. The van der Waals surface area contributed by atoms with Crippen LogP contribution in [0.5, 0.6) is 0 Å². The summed E-state index contributed by atoms with van der Waals surface area (Å²) >= 11 is 0. The molecule has 8 nitrogen and oxygen atoms in total. The Balaban J connectivity index is 1.36. The number of fused-ring (bicyclic) bond motifs is 1. The van der Waals surface area contributed by atoms with Gasteiger partial charge in [-0.3, -0.25) is 14.7 Å². The lowest BCUT2D eigenvalue weighted by atomic mass is 9.96. The topological polar surface area (TPSA) is 76.4 Å². The fraction of sp³-hybridized carbons (Fsp3) is 0.520. The molecule has 1 unspecified atom stereocenters. The molecule has 2 fully saturated rings. The molecule has 1 atom stereocenters. The highest BCUT2D eigenvalue weighted by atomic mass is 19.4. The molecule has 3 aromatic heterocycles. The van der Waals surface area contributed by atoms with Crippen molar-refractivity contribution in [1.82, 2.24) is 24.4 Å². The molecular weight excluding hydrogens is 473 g/mol. The fourth-order valence-corrected chi connectivity index (χ4v) is 5.16. The number of ether oxygens (including phenoxy) is 1. The molecule has 3 aromatic rings. The van der Waals surface area contributed by atoms with Crippen LogP contribution in [0, 0.1) is 5.92 Å². The average molecular weight is 503 g/mol. The van der Waals surface area contributed by atoms with Crippen molar-refractivity contribution in [3.05, 3.63) is 48.2 Å². The molecule has 2 saturated heterocycles. The summed E-state index contributed by atoms with van der Waals surface area (Å²) in [5.74, 6) is 1.42. The second kappa shape index (κ2) is 10.1. The highest BCUT2D eigenvalue weighted by molar-refractivity contribution is 5.88. The largest absolute Gasteiger partial charge is 0.417 e. The minimum absolute atomic E-state index is 0.196. The second-order valence-corrected chi connectivity index (χ2v) is 9.58. The average Bonchev–Trinajstić information content (AvgIpc) is 3.27. The van der Waals surface area contributed by atoms with Crippen molar-refractivity contribution < 1.29 is 22.7 Å². The van der Waals surface area contributed by atoms with Crippen LogP contribution in [0.1, 0.15) is 37.1 Å². The summed E-state index contributed by atoms with van der Waals surface area (Å²) in [6.45, 7) is 6.15. The van der Waals surface area contributed by atoms with Gasteiger partial charge in [0.25, 0.3) is 0 Å². The number of rotatable bonds is 6. The summed E-state index contributed by atoms with van der Waals surface area (Å²) in [4.78, 5) is 28.9. The smallest absolute Gasteiger partial charge is 0.377 e. The fourth-order valence-electron chi connectivity index (χ4n) is 5.16. The van der Waals surface area contributed by atoms with Gasteiger partial charge in [-0.2, -0.15) is 13.2 Å². The number of anilines is 1. The Bertz CT molecular complexity index is 1200. The number of Topliss-reactive ketones (excluding diaryl/α,β-unsaturated/α-hetero) is 1. The number of pyridine rings is 1. The number of hydrogen-bond donors (Lipinski definition) is 0. The highest BCUT2D eigenvalue weighted by Crippen LogP contribution is 2.34. The Hall–Kier alpha value is -3.05. The van der Waals surface area contributed by atoms with Gasteiger partial charge in [0, 0.05) is 25.5 Å². The molecular formula is C25H29F3N6O2. The molecule has 0 aromatic carbocycles. The number of carbonyl (C=O) groups is 1.